The van der Waals surface area contributed by atoms with Crippen molar-refractivity contribution >= 4 is 23.2 Å². The summed E-state index contributed by atoms with van der Waals surface area (Å²) in [5.74, 6) is 0.384. The molecule has 28 heavy (non-hydrogen) atoms. The van der Waals surface area contributed by atoms with Crippen LogP contribution >= 0.6 is 0 Å². The first kappa shape index (κ1) is 19.2. The zero-order valence-electron chi connectivity index (χ0n) is 15.9. The molecular formula is C23H22N2O3. The van der Waals surface area contributed by atoms with Crippen LogP contribution in [0.25, 0.3) is 0 Å². The lowest BCUT2D eigenvalue weighted by atomic mass is 10.1. The van der Waals surface area contributed by atoms with Crippen LogP contribution in [0.2, 0.25) is 0 Å². The lowest BCUT2D eigenvalue weighted by Crippen LogP contribution is -2.26. The first-order valence-electron chi connectivity index (χ1n) is 9.06. The molecule has 142 valence electrons. The van der Waals surface area contributed by atoms with E-state index in [9.17, 15) is 9.59 Å². The average Bonchev–Trinajstić information content (AvgIpc) is 2.75. The molecular weight excluding hydrogens is 352 g/mol. The van der Waals surface area contributed by atoms with Crippen molar-refractivity contribution in [2.45, 2.75) is 6.92 Å². The van der Waals surface area contributed by atoms with Gasteiger partial charge in [0, 0.05) is 29.5 Å². The highest BCUT2D eigenvalue weighted by Gasteiger charge is 2.14. The van der Waals surface area contributed by atoms with Gasteiger partial charge in [0.1, 0.15) is 5.75 Å². The third kappa shape index (κ3) is 4.57. The van der Waals surface area contributed by atoms with Crippen LogP contribution in [-0.4, -0.2) is 25.5 Å². The number of nitrogens with zero attached hydrogens (tertiary/aromatic N) is 1. The molecule has 5 nitrogen and oxygen atoms in total. The zero-order valence-corrected chi connectivity index (χ0v) is 15.9. The Morgan fingerprint density at radius 2 is 1.46 bits per heavy atom. The lowest BCUT2D eigenvalue weighted by molar-refractivity contribution is 0.0989. The molecule has 1 N–H and O–H groups in total. The number of hydrogen-bond donors (Lipinski definition) is 1. The van der Waals surface area contributed by atoms with Gasteiger partial charge in [-0.15, -0.1) is 0 Å². The van der Waals surface area contributed by atoms with Crippen molar-refractivity contribution < 1.29 is 14.3 Å². The quantitative estimate of drug-likeness (QED) is 0.685. The van der Waals surface area contributed by atoms with E-state index < -0.39 is 0 Å². The standard InChI is InChI=1S/C23H22N2O3/c1-3-28-21-15-13-19(14-16-21)24-22(26)17-9-11-18(12-10-17)23(27)25(2)20-7-5-4-6-8-20/h4-16H,3H2,1-2H3,(H,24,26). The van der Waals surface area contributed by atoms with Crippen LogP contribution in [0.3, 0.4) is 0 Å². The summed E-state index contributed by atoms with van der Waals surface area (Å²) >= 11 is 0. The molecule has 3 aromatic rings. The maximum atomic E-state index is 12.6. The van der Waals surface area contributed by atoms with Crippen LogP contribution in [0.15, 0.2) is 78.9 Å². The van der Waals surface area contributed by atoms with Gasteiger partial charge >= 0.3 is 0 Å². The predicted molar refractivity (Wildman–Crippen MR) is 111 cm³/mol. The van der Waals surface area contributed by atoms with Gasteiger partial charge in [0.25, 0.3) is 11.8 Å². The number of anilines is 2. The van der Waals surface area contributed by atoms with E-state index in [0.29, 0.717) is 23.4 Å². The molecule has 3 aromatic carbocycles. The summed E-state index contributed by atoms with van der Waals surface area (Å²) in [7, 11) is 1.73. The van der Waals surface area contributed by atoms with Crippen LogP contribution in [0.4, 0.5) is 11.4 Å². The maximum absolute atomic E-state index is 12.6. The third-order valence-electron chi connectivity index (χ3n) is 4.27. The monoisotopic (exact) mass is 374 g/mol. The van der Waals surface area contributed by atoms with Gasteiger partial charge in [0.05, 0.1) is 6.61 Å². The molecule has 5 heteroatoms. The number of nitrogens with one attached hydrogen (secondary N) is 1. The molecule has 3 rings (SSSR count). The summed E-state index contributed by atoms with van der Waals surface area (Å²) in [6.45, 7) is 2.51. The van der Waals surface area contributed by atoms with Gasteiger partial charge in [0.15, 0.2) is 0 Å². The molecule has 0 heterocycles. The topological polar surface area (TPSA) is 58.6 Å². The molecule has 0 saturated heterocycles. The molecule has 0 aliphatic heterocycles. The summed E-state index contributed by atoms with van der Waals surface area (Å²) < 4.78 is 5.39. The van der Waals surface area contributed by atoms with Gasteiger partial charge in [-0.3, -0.25) is 9.59 Å². The first-order valence-corrected chi connectivity index (χ1v) is 9.06. The number of ether oxygens (including phenoxy) is 1. The normalized spacial score (nSPS) is 10.2. The minimum Gasteiger partial charge on any atom is -0.494 e. The molecule has 0 atom stereocenters. The molecule has 0 unspecified atom stereocenters. The van der Waals surface area contributed by atoms with Gasteiger partial charge in [0.2, 0.25) is 0 Å². The van der Waals surface area contributed by atoms with Crippen LogP contribution in [0, 0.1) is 0 Å². The van der Waals surface area contributed by atoms with Crippen LogP contribution < -0.4 is 15.0 Å². The van der Waals surface area contributed by atoms with Crippen LogP contribution in [-0.2, 0) is 0 Å². The lowest BCUT2D eigenvalue weighted by Gasteiger charge is -2.17. The predicted octanol–water partition coefficient (Wildman–Crippen LogP) is 4.61. The Morgan fingerprint density at radius 1 is 0.857 bits per heavy atom. The first-order chi connectivity index (χ1) is 13.6. The van der Waals surface area contributed by atoms with Crippen molar-refractivity contribution in [3.05, 3.63) is 90.0 Å². The second-order valence-corrected chi connectivity index (χ2v) is 6.19. The van der Waals surface area contributed by atoms with E-state index >= 15 is 0 Å². The number of hydrogen-bond acceptors (Lipinski definition) is 3. The summed E-state index contributed by atoms with van der Waals surface area (Å²) in [6, 6.07) is 23.2. The number of rotatable bonds is 6. The Hall–Kier alpha value is -3.60. The Labute approximate surface area is 164 Å². The van der Waals surface area contributed by atoms with Gasteiger partial charge in [-0.05, 0) is 67.6 Å². The second-order valence-electron chi connectivity index (χ2n) is 6.19. The minimum absolute atomic E-state index is 0.135. The number of carbonyl (C=O) groups excluding carboxylic acids is 2. The van der Waals surface area contributed by atoms with Crippen molar-refractivity contribution in [1.29, 1.82) is 0 Å². The van der Waals surface area contributed by atoms with Gasteiger partial charge in [-0.25, -0.2) is 0 Å². The van der Waals surface area contributed by atoms with E-state index in [2.05, 4.69) is 5.32 Å². The number of para-hydroxylation sites is 1. The largest absolute Gasteiger partial charge is 0.494 e. The minimum atomic E-state index is -0.237. The van der Waals surface area contributed by atoms with E-state index in [4.69, 9.17) is 4.74 Å². The van der Waals surface area contributed by atoms with Crippen LogP contribution in [0.1, 0.15) is 27.6 Å². The Kier molecular flexibility index (Phi) is 6.07. The summed E-state index contributed by atoms with van der Waals surface area (Å²) in [5.41, 5.74) is 2.49. The van der Waals surface area contributed by atoms with Gasteiger partial charge in [-0.2, -0.15) is 0 Å². The summed E-state index contributed by atoms with van der Waals surface area (Å²) in [4.78, 5) is 26.6. The van der Waals surface area contributed by atoms with Crippen molar-refractivity contribution in [2.24, 2.45) is 0 Å². The average molecular weight is 374 g/mol. The smallest absolute Gasteiger partial charge is 0.258 e. The van der Waals surface area contributed by atoms with E-state index in [1.165, 1.54) is 0 Å². The molecule has 0 saturated carbocycles. The summed E-state index contributed by atoms with van der Waals surface area (Å²) in [6.07, 6.45) is 0. The molecule has 0 bridgehead atoms. The molecule has 0 aliphatic rings. The molecule has 0 aromatic heterocycles. The highest BCUT2D eigenvalue weighted by atomic mass is 16.5. The van der Waals surface area contributed by atoms with E-state index in [1.54, 1.807) is 60.5 Å². The number of benzene rings is 3. The van der Waals surface area contributed by atoms with Crippen molar-refractivity contribution in [3.63, 3.8) is 0 Å². The van der Waals surface area contributed by atoms with Gasteiger partial charge < -0.3 is 15.0 Å². The maximum Gasteiger partial charge on any atom is 0.258 e. The number of amides is 2. The zero-order chi connectivity index (χ0) is 19.9. The third-order valence-corrected chi connectivity index (χ3v) is 4.27. The second kappa shape index (κ2) is 8.86. The van der Waals surface area contributed by atoms with Crippen LogP contribution in [0.5, 0.6) is 5.75 Å². The molecule has 0 aliphatic carbocycles. The van der Waals surface area contributed by atoms with Crippen molar-refractivity contribution in [2.75, 3.05) is 23.9 Å². The molecule has 0 radical (unpaired) electrons. The summed E-state index contributed by atoms with van der Waals surface area (Å²) in [5, 5.41) is 2.83. The van der Waals surface area contributed by atoms with Gasteiger partial charge in [-0.1, -0.05) is 18.2 Å². The van der Waals surface area contributed by atoms with Crippen molar-refractivity contribution in [3.8, 4) is 5.75 Å². The van der Waals surface area contributed by atoms with E-state index in [1.807, 2.05) is 37.3 Å². The fourth-order valence-corrected chi connectivity index (χ4v) is 2.73. The fraction of sp³-hybridized carbons (Fsp3) is 0.130. The molecule has 0 fully saturated rings. The molecule has 2 amide bonds. The number of carbonyl (C=O) groups is 2. The fourth-order valence-electron chi connectivity index (χ4n) is 2.73. The Morgan fingerprint density at radius 3 is 2.07 bits per heavy atom. The Balaban J connectivity index is 1.66. The van der Waals surface area contributed by atoms with E-state index in [-0.39, 0.29) is 11.8 Å². The molecule has 0 spiro atoms. The SMILES string of the molecule is CCOc1ccc(NC(=O)c2ccc(C(=O)N(C)c3ccccc3)cc2)cc1. The Bertz CT molecular complexity index is 936. The highest BCUT2D eigenvalue weighted by molar-refractivity contribution is 6.08. The van der Waals surface area contributed by atoms with E-state index in [0.717, 1.165) is 11.4 Å². The highest BCUT2D eigenvalue weighted by Crippen LogP contribution is 2.18. The van der Waals surface area contributed by atoms with Crippen molar-refractivity contribution in [1.82, 2.24) is 0 Å².